The highest BCUT2D eigenvalue weighted by Crippen LogP contribution is 2.01. The summed E-state index contributed by atoms with van der Waals surface area (Å²) in [5.74, 6) is 0.729. The number of nitrogens with zero attached hydrogens (tertiary/aromatic N) is 1. The normalized spacial score (nSPS) is 13.5. The van der Waals surface area contributed by atoms with E-state index in [0.717, 1.165) is 11.6 Å². The van der Waals surface area contributed by atoms with E-state index in [9.17, 15) is 0 Å². The predicted octanol–water partition coefficient (Wildman–Crippen LogP) is 0.873. The summed E-state index contributed by atoms with van der Waals surface area (Å²) in [5, 5.41) is 0. The second kappa shape index (κ2) is 2.84. The molecular formula is C7H12N2O. The van der Waals surface area contributed by atoms with Gasteiger partial charge in [0.1, 0.15) is 6.26 Å². The van der Waals surface area contributed by atoms with Gasteiger partial charge in [-0.3, -0.25) is 0 Å². The molecule has 0 aliphatic heterocycles. The Hall–Kier alpha value is -0.830. The summed E-state index contributed by atoms with van der Waals surface area (Å²) in [7, 11) is 0. The molecule has 0 saturated carbocycles. The molecule has 0 aromatic carbocycles. The minimum absolute atomic E-state index is 0.123. The Bertz CT molecular complexity index is 205. The maximum absolute atomic E-state index is 5.53. The maximum Gasteiger partial charge on any atom is 0.195 e. The van der Waals surface area contributed by atoms with Gasteiger partial charge < -0.3 is 10.2 Å². The fourth-order valence-corrected chi connectivity index (χ4v) is 0.772. The molecule has 0 spiro atoms. The van der Waals surface area contributed by atoms with Gasteiger partial charge in [-0.2, -0.15) is 0 Å². The largest absolute Gasteiger partial charge is 0.449 e. The van der Waals surface area contributed by atoms with E-state index in [1.807, 2.05) is 13.8 Å². The first kappa shape index (κ1) is 7.28. The molecule has 1 heterocycles. The third-order valence-corrected chi connectivity index (χ3v) is 1.16. The van der Waals surface area contributed by atoms with Crippen LogP contribution in [0.5, 0.6) is 0 Å². The predicted molar refractivity (Wildman–Crippen MR) is 38.6 cm³/mol. The molecule has 0 bridgehead atoms. The average Bonchev–Trinajstić information content (AvgIpc) is 2.13. The van der Waals surface area contributed by atoms with Gasteiger partial charge in [-0.1, -0.05) is 0 Å². The number of aryl methyl sites for hydroxylation is 1. The Kier molecular flexibility index (Phi) is 2.06. The summed E-state index contributed by atoms with van der Waals surface area (Å²) in [5.41, 5.74) is 6.45. The van der Waals surface area contributed by atoms with Gasteiger partial charge in [0.15, 0.2) is 5.89 Å². The van der Waals surface area contributed by atoms with Gasteiger partial charge in [-0.05, 0) is 13.8 Å². The summed E-state index contributed by atoms with van der Waals surface area (Å²) >= 11 is 0. The minimum atomic E-state index is 0.123. The van der Waals surface area contributed by atoms with E-state index >= 15 is 0 Å². The zero-order valence-corrected chi connectivity index (χ0v) is 6.29. The molecule has 0 aliphatic rings. The van der Waals surface area contributed by atoms with Crippen LogP contribution in [0.4, 0.5) is 0 Å². The molecule has 0 saturated heterocycles. The van der Waals surface area contributed by atoms with Crippen LogP contribution in [0.15, 0.2) is 10.7 Å². The Balaban J connectivity index is 2.58. The lowest BCUT2D eigenvalue weighted by atomic mass is 10.2. The lowest BCUT2D eigenvalue weighted by Crippen LogP contribution is -2.17. The van der Waals surface area contributed by atoms with E-state index in [1.54, 1.807) is 6.26 Å². The molecule has 56 valence electrons. The molecule has 1 unspecified atom stereocenters. The molecule has 1 aromatic heterocycles. The molecular weight excluding hydrogens is 128 g/mol. The lowest BCUT2D eigenvalue weighted by Gasteiger charge is -1.97. The summed E-state index contributed by atoms with van der Waals surface area (Å²) in [6.45, 7) is 3.83. The number of nitrogens with two attached hydrogens (primary N) is 1. The Labute approximate surface area is 60.2 Å². The van der Waals surface area contributed by atoms with Crippen molar-refractivity contribution in [3.63, 3.8) is 0 Å². The molecule has 1 aromatic rings. The van der Waals surface area contributed by atoms with E-state index in [-0.39, 0.29) is 6.04 Å². The van der Waals surface area contributed by atoms with Crippen LogP contribution in [-0.2, 0) is 6.42 Å². The number of hydrogen-bond donors (Lipinski definition) is 1. The summed E-state index contributed by atoms with van der Waals surface area (Å²) in [6, 6.07) is 0.123. The van der Waals surface area contributed by atoms with Crippen LogP contribution in [0.25, 0.3) is 0 Å². The second-order valence-corrected chi connectivity index (χ2v) is 2.56. The minimum Gasteiger partial charge on any atom is -0.449 e. The highest BCUT2D eigenvalue weighted by molar-refractivity contribution is 4.93. The van der Waals surface area contributed by atoms with Crippen LogP contribution in [0.1, 0.15) is 18.5 Å². The number of oxazole rings is 1. The molecule has 3 heteroatoms. The Morgan fingerprint density at radius 3 is 2.90 bits per heavy atom. The van der Waals surface area contributed by atoms with Gasteiger partial charge in [0.05, 0.1) is 5.69 Å². The number of aromatic nitrogens is 1. The highest BCUT2D eigenvalue weighted by Gasteiger charge is 2.02. The highest BCUT2D eigenvalue weighted by atomic mass is 16.3. The molecule has 1 atom stereocenters. The van der Waals surface area contributed by atoms with Gasteiger partial charge in [-0.15, -0.1) is 0 Å². The number of rotatable bonds is 2. The van der Waals surface area contributed by atoms with Crippen molar-refractivity contribution in [3.05, 3.63) is 17.8 Å². The Morgan fingerprint density at radius 2 is 2.50 bits per heavy atom. The average molecular weight is 140 g/mol. The van der Waals surface area contributed by atoms with Crippen LogP contribution in [0.2, 0.25) is 0 Å². The SMILES string of the molecule is Cc1coc(CC(C)N)n1. The van der Waals surface area contributed by atoms with Crippen LogP contribution >= 0.6 is 0 Å². The third kappa shape index (κ3) is 1.84. The Morgan fingerprint density at radius 1 is 1.80 bits per heavy atom. The molecule has 10 heavy (non-hydrogen) atoms. The summed E-state index contributed by atoms with van der Waals surface area (Å²) in [4.78, 5) is 4.10. The van der Waals surface area contributed by atoms with Gasteiger partial charge in [0.25, 0.3) is 0 Å². The van der Waals surface area contributed by atoms with Crippen molar-refractivity contribution in [2.24, 2.45) is 5.73 Å². The molecule has 2 N–H and O–H groups in total. The van der Waals surface area contributed by atoms with Crippen molar-refractivity contribution < 1.29 is 4.42 Å². The fraction of sp³-hybridized carbons (Fsp3) is 0.571. The van der Waals surface area contributed by atoms with Crippen LogP contribution < -0.4 is 5.73 Å². The van der Waals surface area contributed by atoms with Crippen molar-refractivity contribution in [3.8, 4) is 0 Å². The molecule has 0 fully saturated rings. The van der Waals surface area contributed by atoms with Crippen molar-refractivity contribution in [1.82, 2.24) is 4.98 Å². The second-order valence-electron chi connectivity index (χ2n) is 2.56. The molecule has 3 nitrogen and oxygen atoms in total. The van der Waals surface area contributed by atoms with Crippen molar-refractivity contribution >= 4 is 0 Å². The van der Waals surface area contributed by atoms with Gasteiger partial charge in [0.2, 0.25) is 0 Å². The van der Waals surface area contributed by atoms with Gasteiger partial charge in [0, 0.05) is 12.5 Å². The summed E-state index contributed by atoms with van der Waals surface area (Å²) in [6.07, 6.45) is 2.35. The zero-order valence-electron chi connectivity index (χ0n) is 6.29. The topological polar surface area (TPSA) is 52.0 Å². The first-order chi connectivity index (χ1) is 4.68. The van der Waals surface area contributed by atoms with E-state index in [2.05, 4.69) is 4.98 Å². The first-order valence-corrected chi connectivity index (χ1v) is 3.35. The van der Waals surface area contributed by atoms with Gasteiger partial charge >= 0.3 is 0 Å². The third-order valence-electron chi connectivity index (χ3n) is 1.16. The van der Waals surface area contributed by atoms with E-state index < -0.39 is 0 Å². The molecule has 0 aliphatic carbocycles. The lowest BCUT2D eigenvalue weighted by molar-refractivity contribution is 0.477. The smallest absolute Gasteiger partial charge is 0.195 e. The molecule has 0 radical (unpaired) electrons. The molecule has 1 rings (SSSR count). The zero-order chi connectivity index (χ0) is 7.56. The van der Waals surface area contributed by atoms with Crippen molar-refractivity contribution in [2.45, 2.75) is 26.3 Å². The quantitative estimate of drug-likeness (QED) is 0.663. The van der Waals surface area contributed by atoms with Gasteiger partial charge in [-0.25, -0.2) is 4.98 Å². The van der Waals surface area contributed by atoms with Crippen LogP contribution in [-0.4, -0.2) is 11.0 Å². The van der Waals surface area contributed by atoms with Crippen molar-refractivity contribution in [1.29, 1.82) is 0 Å². The molecule has 0 amide bonds. The first-order valence-electron chi connectivity index (χ1n) is 3.35. The van der Waals surface area contributed by atoms with E-state index in [4.69, 9.17) is 10.2 Å². The van der Waals surface area contributed by atoms with E-state index in [1.165, 1.54) is 0 Å². The monoisotopic (exact) mass is 140 g/mol. The van der Waals surface area contributed by atoms with Crippen LogP contribution in [0.3, 0.4) is 0 Å². The number of hydrogen-bond acceptors (Lipinski definition) is 3. The standard InChI is InChI=1S/C7H12N2O/c1-5(8)3-7-9-6(2)4-10-7/h4-5H,3,8H2,1-2H3. The maximum atomic E-state index is 5.53. The fourth-order valence-electron chi connectivity index (χ4n) is 0.772. The van der Waals surface area contributed by atoms with Crippen LogP contribution in [0, 0.1) is 6.92 Å². The van der Waals surface area contributed by atoms with Crippen molar-refractivity contribution in [2.75, 3.05) is 0 Å². The summed E-state index contributed by atoms with van der Waals surface area (Å²) < 4.78 is 5.08. The van der Waals surface area contributed by atoms with E-state index in [0.29, 0.717) is 6.42 Å².